The number of aryl methyl sites for hydroxylation is 3. The van der Waals surface area contributed by atoms with Gasteiger partial charge in [0.2, 0.25) is 0 Å². The number of rotatable bonds is 5. The second kappa shape index (κ2) is 5.67. The van der Waals surface area contributed by atoms with Gasteiger partial charge in [-0.25, -0.2) is 0 Å². The van der Waals surface area contributed by atoms with Gasteiger partial charge in [0.25, 0.3) is 0 Å². The van der Waals surface area contributed by atoms with Crippen LogP contribution in [-0.2, 0) is 26.3 Å². The molecule has 2 heterocycles. The van der Waals surface area contributed by atoms with Crippen LogP contribution in [0.4, 0.5) is 0 Å². The van der Waals surface area contributed by atoms with Gasteiger partial charge in [-0.2, -0.15) is 5.10 Å². The molecule has 0 radical (unpaired) electrons. The molecule has 4 heteroatoms. The molecule has 1 unspecified atom stereocenters. The molecular formula is C14H21N3S. The monoisotopic (exact) mass is 263 g/mol. The summed E-state index contributed by atoms with van der Waals surface area (Å²) < 4.78 is 1.96. The molecular weight excluding hydrogens is 242 g/mol. The molecule has 1 atom stereocenters. The first kappa shape index (κ1) is 13.3. The zero-order valence-electron chi connectivity index (χ0n) is 11.3. The SMILES string of the molecule is CCc1cc(CC(N)c2sccc2CC)n(C)n1. The molecule has 2 N–H and O–H groups in total. The Balaban J connectivity index is 2.15. The van der Waals surface area contributed by atoms with Crippen LogP contribution >= 0.6 is 11.3 Å². The van der Waals surface area contributed by atoms with E-state index < -0.39 is 0 Å². The first-order chi connectivity index (χ1) is 8.65. The van der Waals surface area contributed by atoms with Crippen molar-refractivity contribution in [2.24, 2.45) is 12.8 Å². The standard InChI is InChI=1S/C14H21N3S/c1-4-10-6-7-18-14(10)13(15)9-12-8-11(5-2)16-17(12)3/h6-8,13H,4-5,9,15H2,1-3H3. The lowest BCUT2D eigenvalue weighted by atomic mass is 10.1. The first-order valence-electron chi connectivity index (χ1n) is 6.49. The maximum absolute atomic E-state index is 6.34. The van der Waals surface area contributed by atoms with Gasteiger partial charge >= 0.3 is 0 Å². The fourth-order valence-electron chi connectivity index (χ4n) is 2.22. The molecule has 2 rings (SSSR count). The van der Waals surface area contributed by atoms with E-state index >= 15 is 0 Å². The minimum Gasteiger partial charge on any atom is -0.323 e. The molecule has 0 spiro atoms. The van der Waals surface area contributed by atoms with Gasteiger partial charge in [-0.3, -0.25) is 4.68 Å². The summed E-state index contributed by atoms with van der Waals surface area (Å²) in [6.45, 7) is 4.30. The van der Waals surface area contributed by atoms with Gasteiger partial charge in [0, 0.05) is 30.1 Å². The summed E-state index contributed by atoms with van der Waals surface area (Å²) in [6.07, 6.45) is 2.89. The molecule has 18 heavy (non-hydrogen) atoms. The van der Waals surface area contributed by atoms with Gasteiger partial charge in [-0.1, -0.05) is 13.8 Å². The van der Waals surface area contributed by atoms with Crippen molar-refractivity contribution in [3.63, 3.8) is 0 Å². The predicted molar refractivity (Wildman–Crippen MR) is 76.9 cm³/mol. The molecule has 0 fully saturated rings. The van der Waals surface area contributed by atoms with Gasteiger partial charge < -0.3 is 5.73 Å². The van der Waals surface area contributed by atoms with Crippen LogP contribution in [0, 0.1) is 0 Å². The Hall–Kier alpha value is -1.13. The molecule has 98 valence electrons. The average molecular weight is 263 g/mol. The van der Waals surface area contributed by atoms with Crippen molar-refractivity contribution in [3.8, 4) is 0 Å². The van der Waals surface area contributed by atoms with E-state index in [9.17, 15) is 0 Å². The third-order valence-corrected chi connectivity index (χ3v) is 4.41. The molecule has 3 nitrogen and oxygen atoms in total. The Morgan fingerprint density at radius 3 is 2.78 bits per heavy atom. The van der Waals surface area contributed by atoms with Crippen molar-refractivity contribution in [3.05, 3.63) is 39.3 Å². The second-order valence-electron chi connectivity index (χ2n) is 4.58. The smallest absolute Gasteiger partial charge is 0.0624 e. The number of hydrogen-bond donors (Lipinski definition) is 1. The van der Waals surface area contributed by atoms with Crippen molar-refractivity contribution in [2.45, 2.75) is 39.2 Å². The number of thiophene rings is 1. The highest BCUT2D eigenvalue weighted by atomic mass is 32.1. The maximum atomic E-state index is 6.34. The van der Waals surface area contributed by atoms with Gasteiger partial charge in [0.05, 0.1) is 5.69 Å². The molecule has 0 bridgehead atoms. The molecule has 0 aliphatic carbocycles. The van der Waals surface area contributed by atoms with Crippen molar-refractivity contribution in [2.75, 3.05) is 0 Å². The van der Waals surface area contributed by atoms with Crippen LogP contribution in [0.3, 0.4) is 0 Å². The summed E-state index contributed by atoms with van der Waals surface area (Å²) in [5.74, 6) is 0. The van der Waals surface area contributed by atoms with Crippen molar-refractivity contribution in [1.82, 2.24) is 9.78 Å². The number of nitrogens with zero attached hydrogens (tertiary/aromatic N) is 2. The summed E-state index contributed by atoms with van der Waals surface area (Å²) in [6, 6.07) is 4.43. The van der Waals surface area contributed by atoms with E-state index in [0.717, 1.165) is 25.0 Å². The lowest BCUT2D eigenvalue weighted by molar-refractivity contribution is 0.641. The van der Waals surface area contributed by atoms with E-state index in [1.165, 1.54) is 16.1 Å². The Kier molecular flexibility index (Phi) is 4.19. The van der Waals surface area contributed by atoms with Crippen LogP contribution in [0.5, 0.6) is 0 Å². The van der Waals surface area contributed by atoms with Crippen LogP contribution < -0.4 is 5.73 Å². The Bertz CT molecular complexity index is 513. The molecule has 2 aromatic rings. The van der Waals surface area contributed by atoms with Crippen LogP contribution in [0.1, 0.15) is 41.7 Å². The minimum atomic E-state index is 0.0834. The fraction of sp³-hybridized carbons (Fsp3) is 0.500. The molecule has 0 aromatic carbocycles. The summed E-state index contributed by atoms with van der Waals surface area (Å²) in [4.78, 5) is 1.32. The third kappa shape index (κ3) is 2.65. The predicted octanol–water partition coefficient (Wildman–Crippen LogP) is 2.85. The largest absolute Gasteiger partial charge is 0.323 e. The normalized spacial score (nSPS) is 12.9. The highest BCUT2D eigenvalue weighted by Crippen LogP contribution is 2.26. The lowest BCUT2D eigenvalue weighted by Crippen LogP contribution is -2.15. The molecule has 0 aliphatic heterocycles. The van der Waals surface area contributed by atoms with E-state index in [1.54, 1.807) is 11.3 Å². The van der Waals surface area contributed by atoms with E-state index in [1.807, 2.05) is 11.7 Å². The quantitative estimate of drug-likeness (QED) is 0.901. The molecule has 0 aliphatic rings. The summed E-state index contributed by atoms with van der Waals surface area (Å²) >= 11 is 1.77. The third-order valence-electron chi connectivity index (χ3n) is 3.32. The molecule has 0 amide bonds. The summed E-state index contributed by atoms with van der Waals surface area (Å²) in [7, 11) is 2.00. The zero-order chi connectivity index (χ0) is 13.1. The highest BCUT2D eigenvalue weighted by Gasteiger charge is 2.15. The van der Waals surface area contributed by atoms with Gasteiger partial charge in [-0.15, -0.1) is 11.3 Å². The Morgan fingerprint density at radius 1 is 1.39 bits per heavy atom. The summed E-state index contributed by atoms with van der Waals surface area (Å²) in [5.41, 5.74) is 10.1. The highest BCUT2D eigenvalue weighted by molar-refractivity contribution is 7.10. The van der Waals surface area contributed by atoms with Crippen LogP contribution in [-0.4, -0.2) is 9.78 Å². The van der Waals surface area contributed by atoms with E-state index in [-0.39, 0.29) is 6.04 Å². The lowest BCUT2D eigenvalue weighted by Gasteiger charge is -2.12. The molecule has 0 saturated carbocycles. The maximum Gasteiger partial charge on any atom is 0.0624 e. The first-order valence-corrected chi connectivity index (χ1v) is 7.37. The van der Waals surface area contributed by atoms with Crippen LogP contribution in [0.25, 0.3) is 0 Å². The number of hydrogen-bond acceptors (Lipinski definition) is 3. The fourth-order valence-corrected chi connectivity index (χ4v) is 3.22. The van der Waals surface area contributed by atoms with Crippen molar-refractivity contribution >= 4 is 11.3 Å². The van der Waals surface area contributed by atoms with E-state index in [0.29, 0.717) is 0 Å². The van der Waals surface area contributed by atoms with Crippen LogP contribution in [0.15, 0.2) is 17.5 Å². The Labute approximate surface area is 113 Å². The zero-order valence-corrected chi connectivity index (χ0v) is 12.1. The van der Waals surface area contributed by atoms with Gasteiger partial charge in [0.1, 0.15) is 0 Å². The average Bonchev–Trinajstić information content (AvgIpc) is 2.96. The van der Waals surface area contributed by atoms with E-state index in [2.05, 4.69) is 36.5 Å². The second-order valence-corrected chi connectivity index (χ2v) is 5.53. The molecule has 0 saturated heterocycles. The number of nitrogens with two attached hydrogens (primary N) is 1. The van der Waals surface area contributed by atoms with Crippen LogP contribution in [0.2, 0.25) is 0 Å². The number of aromatic nitrogens is 2. The van der Waals surface area contributed by atoms with Crippen molar-refractivity contribution in [1.29, 1.82) is 0 Å². The minimum absolute atomic E-state index is 0.0834. The van der Waals surface area contributed by atoms with Gasteiger partial charge in [0.15, 0.2) is 0 Å². The van der Waals surface area contributed by atoms with E-state index in [4.69, 9.17) is 5.73 Å². The van der Waals surface area contributed by atoms with Crippen molar-refractivity contribution < 1.29 is 0 Å². The summed E-state index contributed by atoms with van der Waals surface area (Å²) in [5, 5.41) is 6.60. The Morgan fingerprint density at radius 2 is 2.17 bits per heavy atom. The van der Waals surface area contributed by atoms with Gasteiger partial charge in [-0.05, 0) is 35.9 Å². The topological polar surface area (TPSA) is 43.8 Å². The molecule has 2 aromatic heterocycles.